The van der Waals surface area contributed by atoms with Crippen LogP contribution in [0.25, 0.3) is 0 Å². The van der Waals surface area contributed by atoms with Crippen LogP contribution in [0.3, 0.4) is 0 Å². The second kappa shape index (κ2) is 6.79. The molecule has 2 aliphatic rings. The van der Waals surface area contributed by atoms with Gasteiger partial charge in [0.15, 0.2) is 12.6 Å². The zero-order chi connectivity index (χ0) is 15.7. The third-order valence-electron chi connectivity index (χ3n) is 3.61. The van der Waals surface area contributed by atoms with Crippen LogP contribution in [0.15, 0.2) is 0 Å². The fourth-order valence-corrected chi connectivity index (χ4v) is 2.25. The molecule has 2 saturated heterocycles. The fourth-order valence-electron chi connectivity index (χ4n) is 2.25. The molecule has 0 amide bonds. The lowest BCUT2D eigenvalue weighted by molar-refractivity contribution is -0.340. The van der Waals surface area contributed by atoms with E-state index in [1.54, 1.807) is 0 Å². The van der Waals surface area contributed by atoms with Crippen LogP contribution in [-0.2, 0) is 14.2 Å². The van der Waals surface area contributed by atoms with Crippen molar-refractivity contribution in [1.82, 2.24) is 0 Å². The largest absolute Gasteiger partial charge is 0.394 e. The van der Waals surface area contributed by atoms with E-state index < -0.39 is 61.9 Å². The topological polar surface area (TPSA) is 169 Å². The van der Waals surface area contributed by atoms with Crippen LogP contribution in [0.4, 0.5) is 0 Å². The van der Waals surface area contributed by atoms with Gasteiger partial charge in [-0.25, -0.2) is 0 Å². The van der Waals surface area contributed by atoms with Crippen molar-refractivity contribution in [2.24, 2.45) is 0 Å². The summed E-state index contributed by atoms with van der Waals surface area (Å²) in [6, 6.07) is 0. The lowest BCUT2D eigenvalue weighted by atomic mass is 9.99. The second-order valence-corrected chi connectivity index (χ2v) is 5.08. The molecule has 0 aromatic heterocycles. The minimum absolute atomic E-state index is 0.283. The lowest BCUT2D eigenvalue weighted by Gasteiger charge is -2.43. The van der Waals surface area contributed by atoms with Gasteiger partial charge in [0.25, 0.3) is 0 Å². The summed E-state index contributed by atoms with van der Waals surface area (Å²) in [4.78, 5) is 0. The molecule has 2 heterocycles. The minimum atomic E-state index is -1.63. The van der Waals surface area contributed by atoms with E-state index in [9.17, 15) is 30.6 Å². The van der Waals surface area contributed by atoms with Crippen LogP contribution >= 0.6 is 0 Å². The molecule has 21 heavy (non-hydrogen) atoms. The van der Waals surface area contributed by atoms with Gasteiger partial charge in [0.2, 0.25) is 0 Å². The van der Waals surface area contributed by atoms with Crippen molar-refractivity contribution in [2.75, 3.05) is 13.2 Å². The molecule has 0 aromatic carbocycles. The van der Waals surface area contributed by atoms with Crippen LogP contribution in [0.2, 0.25) is 0 Å². The molecule has 124 valence electrons. The number of hydrogen-bond acceptors (Lipinski definition) is 10. The van der Waals surface area contributed by atoms with Gasteiger partial charge in [-0.2, -0.15) is 0 Å². The zero-order valence-corrected chi connectivity index (χ0v) is 11.0. The van der Waals surface area contributed by atoms with E-state index in [4.69, 9.17) is 19.3 Å². The Bertz CT molecular complexity index is 339. The van der Waals surface area contributed by atoms with E-state index in [1.807, 2.05) is 0 Å². The Labute approximate surface area is 119 Å². The highest BCUT2D eigenvalue weighted by Crippen LogP contribution is 2.25. The van der Waals surface area contributed by atoms with Gasteiger partial charge < -0.3 is 50.0 Å². The molecule has 0 saturated carbocycles. The van der Waals surface area contributed by atoms with Crippen molar-refractivity contribution in [3.8, 4) is 0 Å². The molecule has 0 aliphatic carbocycles. The molecule has 2 rings (SSSR count). The van der Waals surface area contributed by atoms with E-state index in [-0.39, 0.29) is 6.61 Å². The van der Waals surface area contributed by atoms with Crippen LogP contribution in [-0.4, -0.2) is 104 Å². The first-order valence-electron chi connectivity index (χ1n) is 6.48. The number of hydrogen-bond donors (Lipinski definition) is 7. The van der Waals surface area contributed by atoms with Gasteiger partial charge >= 0.3 is 0 Å². The first-order valence-corrected chi connectivity index (χ1v) is 6.48. The third-order valence-corrected chi connectivity index (χ3v) is 3.61. The standard InChI is InChI=1S/C11H20O10/c12-1-3-5(13)7(15)9(17)11(20-3)21-4-2-19-10(18)8(16)6(4)14/h3-18H,1-2H2/t3-,4-,5-,6+,7+,8+,9-,10?,11-/m1/s1. The summed E-state index contributed by atoms with van der Waals surface area (Å²) < 4.78 is 15.1. The monoisotopic (exact) mass is 312 g/mol. The maximum Gasteiger partial charge on any atom is 0.187 e. The highest BCUT2D eigenvalue weighted by molar-refractivity contribution is 4.91. The fraction of sp³-hybridized carbons (Fsp3) is 1.00. The Morgan fingerprint density at radius 3 is 2.14 bits per heavy atom. The van der Waals surface area contributed by atoms with Gasteiger partial charge in [-0.05, 0) is 0 Å². The predicted octanol–water partition coefficient (Wildman–Crippen LogP) is -4.76. The number of aliphatic hydroxyl groups is 7. The molecule has 10 heteroatoms. The van der Waals surface area contributed by atoms with Crippen LogP contribution in [0.1, 0.15) is 0 Å². The second-order valence-electron chi connectivity index (χ2n) is 5.08. The van der Waals surface area contributed by atoms with Crippen molar-refractivity contribution >= 4 is 0 Å². The van der Waals surface area contributed by atoms with Crippen molar-refractivity contribution in [2.45, 2.75) is 55.3 Å². The molecule has 0 aromatic rings. The third kappa shape index (κ3) is 3.35. The van der Waals surface area contributed by atoms with Crippen molar-refractivity contribution in [1.29, 1.82) is 0 Å². The average molecular weight is 312 g/mol. The Morgan fingerprint density at radius 1 is 0.857 bits per heavy atom. The molecule has 7 N–H and O–H groups in total. The number of rotatable bonds is 3. The summed E-state index contributed by atoms with van der Waals surface area (Å²) >= 11 is 0. The summed E-state index contributed by atoms with van der Waals surface area (Å²) in [5.74, 6) is 0. The summed E-state index contributed by atoms with van der Waals surface area (Å²) in [5.41, 5.74) is 0. The normalized spacial score (nSPS) is 51.9. The van der Waals surface area contributed by atoms with Crippen LogP contribution in [0, 0.1) is 0 Å². The Kier molecular flexibility index (Phi) is 5.48. The number of aliphatic hydroxyl groups excluding tert-OH is 7. The van der Waals surface area contributed by atoms with E-state index in [0.717, 1.165) is 0 Å². The molecule has 1 unspecified atom stereocenters. The smallest absolute Gasteiger partial charge is 0.187 e. The Hall–Kier alpha value is -0.400. The van der Waals surface area contributed by atoms with Gasteiger partial charge in [0.05, 0.1) is 13.2 Å². The van der Waals surface area contributed by atoms with E-state index in [2.05, 4.69) is 0 Å². The first-order chi connectivity index (χ1) is 9.86. The molecule has 9 atom stereocenters. The van der Waals surface area contributed by atoms with Gasteiger partial charge in [-0.3, -0.25) is 0 Å². The molecule has 10 nitrogen and oxygen atoms in total. The summed E-state index contributed by atoms with van der Waals surface area (Å²) in [5, 5.41) is 66.5. The van der Waals surface area contributed by atoms with Crippen molar-refractivity contribution in [3.63, 3.8) is 0 Å². The number of ether oxygens (including phenoxy) is 3. The van der Waals surface area contributed by atoms with Crippen LogP contribution < -0.4 is 0 Å². The van der Waals surface area contributed by atoms with Crippen molar-refractivity contribution < 1.29 is 50.0 Å². The average Bonchev–Trinajstić information content (AvgIpc) is 2.48. The maximum atomic E-state index is 9.78. The van der Waals surface area contributed by atoms with Crippen molar-refractivity contribution in [3.05, 3.63) is 0 Å². The summed E-state index contributed by atoms with van der Waals surface area (Å²) in [6.07, 6.45) is -13.2. The SMILES string of the molecule is OC[C@H]1O[C@H](O[C@@H]2COC(O)[C@@H](O)[C@H]2O)[C@H](O)[C@@H](O)[C@@H]1O. The van der Waals surface area contributed by atoms with Gasteiger partial charge in [-0.15, -0.1) is 0 Å². The Morgan fingerprint density at radius 2 is 1.52 bits per heavy atom. The van der Waals surface area contributed by atoms with Gasteiger partial charge in [0.1, 0.15) is 42.7 Å². The first kappa shape index (κ1) is 17.0. The van der Waals surface area contributed by atoms with E-state index in [0.29, 0.717) is 0 Å². The maximum absolute atomic E-state index is 9.78. The molecular formula is C11H20O10. The molecule has 0 spiro atoms. The highest BCUT2D eigenvalue weighted by atomic mass is 16.7. The minimum Gasteiger partial charge on any atom is -0.394 e. The molecule has 2 aliphatic heterocycles. The van der Waals surface area contributed by atoms with E-state index >= 15 is 0 Å². The van der Waals surface area contributed by atoms with E-state index in [1.165, 1.54) is 0 Å². The molecule has 0 radical (unpaired) electrons. The van der Waals surface area contributed by atoms with Gasteiger partial charge in [0, 0.05) is 0 Å². The predicted molar refractivity (Wildman–Crippen MR) is 62.6 cm³/mol. The lowest BCUT2D eigenvalue weighted by Crippen LogP contribution is -2.62. The molecule has 0 bridgehead atoms. The molecular weight excluding hydrogens is 292 g/mol. The van der Waals surface area contributed by atoms with Crippen LogP contribution in [0.5, 0.6) is 0 Å². The summed E-state index contributed by atoms with van der Waals surface area (Å²) in [7, 11) is 0. The molecule has 2 fully saturated rings. The highest BCUT2D eigenvalue weighted by Gasteiger charge is 2.47. The summed E-state index contributed by atoms with van der Waals surface area (Å²) in [6.45, 7) is -0.899. The quantitative estimate of drug-likeness (QED) is 0.268. The zero-order valence-electron chi connectivity index (χ0n) is 11.0. The Balaban J connectivity index is 2.01. The van der Waals surface area contributed by atoms with Gasteiger partial charge in [-0.1, -0.05) is 0 Å².